The van der Waals surface area contributed by atoms with E-state index in [0.29, 0.717) is 12.1 Å². The number of hydrogen-bond acceptors (Lipinski definition) is 4. The van der Waals surface area contributed by atoms with Gasteiger partial charge < -0.3 is 20.1 Å². The van der Waals surface area contributed by atoms with Crippen LogP contribution in [-0.4, -0.2) is 51.6 Å². The van der Waals surface area contributed by atoms with Gasteiger partial charge in [0.2, 0.25) is 0 Å². The summed E-state index contributed by atoms with van der Waals surface area (Å²) in [5.74, 6) is 0. The molecule has 0 bridgehead atoms. The van der Waals surface area contributed by atoms with E-state index in [1.807, 2.05) is 0 Å². The number of rotatable bonds is 2. The Balaban J connectivity index is 1.69. The highest BCUT2D eigenvalue weighted by atomic mass is 16.5. The van der Waals surface area contributed by atoms with Crippen molar-refractivity contribution >= 4 is 0 Å². The second-order valence-electron chi connectivity index (χ2n) is 3.69. The summed E-state index contributed by atoms with van der Waals surface area (Å²) in [5, 5.41) is 6.89. The molecule has 76 valence electrons. The minimum atomic E-state index is 0.507. The van der Waals surface area contributed by atoms with Gasteiger partial charge in [0.25, 0.3) is 0 Å². The summed E-state index contributed by atoms with van der Waals surface area (Å²) in [4.78, 5) is 0. The molecular formula is C9H18N2O2. The summed E-state index contributed by atoms with van der Waals surface area (Å²) < 4.78 is 10.8. The Morgan fingerprint density at radius 3 is 1.85 bits per heavy atom. The Morgan fingerprint density at radius 1 is 0.923 bits per heavy atom. The molecule has 2 rings (SSSR count). The highest BCUT2D eigenvalue weighted by Crippen LogP contribution is 2.05. The van der Waals surface area contributed by atoms with Crippen LogP contribution in [0.2, 0.25) is 0 Å². The van der Waals surface area contributed by atoms with Crippen molar-refractivity contribution in [1.82, 2.24) is 10.6 Å². The Kier molecular flexibility index (Phi) is 3.55. The molecule has 0 spiro atoms. The summed E-state index contributed by atoms with van der Waals surface area (Å²) in [5.41, 5.74) is 0. The zero-order chi connectivity index (χ0) is 8.93. The Morgan fingerprint density at radius 2 is 1.46 bits per heavy atom. The second-order valence-corrected chi connectivity index (χ2v) is 3.69. The molecule has 0 aromatic rings. The van der Waals surface area contributed by atoms with Crippen molar-refractivity contribution in [2.24, 2.45) is 0 Å². The van der Waals surface area contributed by atoms with E-state index in [9.17, 15) is 0 Å². The van der Waals surface area contributed by atoms with Gasteiger partial charge in [-0.05, 0) is 6.42 Å². The summed E-state index contributed by atoms with van der Waals surface area (Å²) in [6.07, 6.45) is 1.11. The van der Waals surface area contributed by atoms with Gasteiger partial charge in [0, 0.05) is 25.2 Å². The first kappa shape index (κ1) is 9.40. The molecule has 4 nitrogen and oxygen atoms in total. The molecular weight excluding hydrogens is 168 g/mol. The molecule has 13 heavy (non-hydrogen) atoms. The van der Waals surface area contributed by atoms with E-state index in [1.165, 1.54) is 0 Å². The van der Waals surface area contributed by atoms with Gasteiger partial charge in [-0.15, -0.1) is 0 Å². The van der Waals surface area contributed by atoms with Crippen LogP contribution >= 0.6 is 0 Å². The van der Waals surface area contributed by atoms with Gasteiger partial charge in [-0.2, -0.15) is 0 Å². The molecule has 2 saturated heterocycles. The van der Waals surface area contributed by atoms with E-state index < -0.39 is 0 Å². The largest absolute Gasteiger partial charge is 0.379 e. The van der Waals surface area contributed by atoms with Crippen molar-refractivity contribution in [2.75, 3.05) is 39.5 Å². The lowest BCUT2D eigenvalue weighted by molar-refractivity contribution is 0.0436. The molecule has 2 aliphatic rings. The second kappa shape index (κ2) is 4.91. The lowest BCUT2D eigenvalue weighted by Crippen LogP contribution is -2.49. The molecule has 0 unspecified atom stereocenters. The minimum absolute atomic E-state index is 0.507. The molecule has 0 amide bonds. The maximum absolute atomic E-state index is 5.39. The number of hydrogen-bond donors (Lipinski definition) is 2. The Bertz CT molecular complexity index is 127. The van der Waals surface area contributed by atoms with Gasteiger partial charge in [0.15, 0.2) is 0 Å². The van der Waals surface area contributed by atoms with Gasteiger partial charge in [0.05, 0.1) is 26.4 Å². The van der Waals surface area contributed by atoms with Crippen molar-refractivity contribution < 1.29 is 9.47 Å². The summed E-state index contributed by atoms with van der Waals surface area (Å²) in [6, 6.07) is 1.01. The van der Waals surface area contributed by atoms with Gasteiger partial charge in [-0.25, -0.2) is 0 Å². The summed E-state index contributed by atoms with van der Waals surface area (Å²) in [7, 11) is 0. The van der Waals surface area contributed by atoms with Crippen molar-refractivity contribution in [3.05, 3.63) is 0 Å². The maximum Gasteiger partial charge on any atom is 0.0620 e. The summed E-state index contributed by atoms with van der Waals surface area (Å²) >= 11 is 0. The van der Waals surface area contributed by atoms with Gasteiger partial charge in [0.1, 0.15) is 0 Å². The molecule has 2 heterocycles. The van der Waals surface area contributed by atoms with Gasteiger partial charge in [-0.3, -0.25) is 0 Å². The molecule has 2 N–H and O–H groups in total. The average molecular weight is 186 g/mol. The van der Waals surface area contributed by atoms with Crippen LogP contribution in [0.1, 0.15) is 6.42 Å². The van der Waals surface area contributed by atoms with Crippen LogP contribution < -0.4 is 10.6 Å². The standard InChI is InChI=1S/C9H18N2O2/c1-3-12-6-8(10-1)5-9-7-13-4-2-11-9/h8-11H,1-7H2/t8-,9-/m0/s1. The van der Waals surface area contributed by atoms with E-state index >= 15 is 0 Å². The first-order chi connectivity index (χ1) is 6.45. The van der Waals surface area contributed by atoms with Crippen LogP contribution in [0, 0.1) is 0 Å². The highest BCUT2D eigenvalue weighted by molar-refractivity contribution is 4.79. The highest BCUT2D eigenvalue weighted by Gasteiger charge is 2.20. The fourth-order valence-electron chi connectivity index (χ4n) is 1.89. The SMILES string of the molecule is C1COC[C@H](C[C@H]2COCCN2)N1. The van der Waals surface area contributed by atoms with Crippen molar-refractivity contribution in [3.63, 3.8) is 0 Å². The minimum Gasteiger partial charge on any atom is -0.379 e. The molecule has 4 heteroatoms. The smallest absolute Gasteiger partial charge is 0.0620 e. The molecule has 0 radical (unpaired) electrons. The predicted octanol–water partition coefficient (Wildman–Crippen LogP) is -0.647. The van der Waals surface area contributed by atoms with Crippen LogP contribution in [0.5, 0.6) is 0 Å². The maximum atomic E-state index is 5.39. The number of morpholine rings is 2. The first-order valence-electron chi connectivity index (χ1n) is 5.07. The van der Waals surface area contributed by atoms with E-state index in [-0.39, 0.29) is 0 Å². The topological polar surface area (TPSA) is 42.5 Å². The van der Waals surface area contributed by atoms with Crippen LogP contribution in [0.25, 0.3) is 0 Å². The van der Waals surface area contributed by atoms with Crippen LogP contribution in [0.15, 0.2) is 0 Å². The molecule has 0 aliphatic carbocycles. The van der Waals surface area contributed by atoms with E-state index in [1.54, 1.807) is 0 Å². The van der Waals surface area contributed by atoms with Crippen LogP contribution in [0.4, 0.5) is 0 Å². The van der Waals surface area contributed by atoms with Crippen molar-refractivity contribution in [3.8, 4) is 0 Å². The molecule has 0 aromatic heterocycles. The predicted molar refractivity (Wildman–Crippen MR) is 49.8 cm³/mol. The molecule has 0 aromatic carbocycles. The van der Waals surface area contributed by atoms with Gasteiger partial charge >= 0.3 is 0 Å². The molecule has 2 aliphatic heterocycles. The summed E-state index contributed by atoms with van der Waals surface area (Å²) in [6.45, 7) is 5.36. The zero-order valence-corrected chi connectivity index (χ0v) is 7.92. The number of ether oxygens (including phenoxy) is 2. The molecule has 2 atom stereocenters. The third kappa shape index (κ3) is 2.91. The Hall–Kier alpha value is -0.160. The molecule has 0 saturated carbocycles. The number of nitrogens with one attached hydrogen (secondary N) is 2. The van der Waals surface area contributed by atoms with Gasteiger partial charge in [-0.1, -0.05) is 0 Å². The van der Waals surface area contributed by atoms with Crippen molar-refractivity contribution in [1.29, 1.82) is 0 Å². The van der Waals surface area contributed by atoms with Crippen LogP contribution in [-0.2, 0) is 9.47 Å². The van der Waals surface area contributed by atoms with E-state index in [4.69, 9.17) is 9.47 Å². The van der Waals surface area contributed by atoms with Crippen molar-refractivity contribution in [2.45, 2.75) is 18.5 Å². The van der Waals surface area contributed by atoms with E-state index in [0.717, 1.165) is 45.9 Å². The lowest BCUT2D eigenvalue weighted by Gasteiger charge is -2.30. The fourth-order valence-corrected chi connectivity index (χ4v) is 1.89. The Labute approximate surface area is 79.0 Å². The quantitative estimate of drug-likeness (QED) is 0.601. The van der Waals surface area contributed by atoms with E-state index in [2.05, 4.69) is 10.6 Å². The third-order valence-electron chi connectivity index (χ3n) is 2.57. The first-order valence-corrected chi connectivity index (χ1v) is 5.07. The monoisotopic (exact) mass is 186 g/mol. The van der Waals surface area contributed by atoms with Crippen LogP contribution in [0.3, 0.4) is 0 Å². The lowest BCUT2D eigenvalue weighted by atomic mass is 10.1. The zero-order valence-electron chi connectivity index (χ0n) is 7.92. The molecule has 2 fully saturated rings. The third-order valence-corrected chi connectivity index (χ3v) is 2.57. The normalized spacial score (nSPS) is 36.0. The fraction of sp³-hybridized carbons (Fsp3) is 1.00. The average Bonchev–Trinajstić information content (AvgIpc) is 2.21.